The number of aliphatic imine (C=N–C) groups is 1. The van der Waals surface area contributed by atoms with Gasteiger partial charge in [0, 0.05) is 18.3 Å². The van der Waals surface area contributed by atoms with Crippen molar-refractivity contribution < 1.29 is 4.79 Å². The third kappa shape index (κ3) is 6.77. The Labute approximate surface area is 119 Å². The number of nitrogens with zero attached hydrogens (tertiary/aromatic N) is 2. The summed E-state index contributed by atoms with van der Waals surface area (Å²) < 4.78 is 0. The SMILES string of the molecule is CCNC(=NCc1ccn[nH]1)NCC(=O)NC(C)(C)C. The summed E-state index contributed by atoms with van der Waals surface area (Å²) in [5.41, 5.74) is 0.686. The number of carbonyl (C=O) groups excluding carboxylic acids is 1. The van der Waals surface area contributed by atoms with E-state index in [2.05, 4.69) is 31.1 Å². The highest BCUT2D eigenvalue weighted by Gasteiger charge is 2.13. The van der Waals surface area contributed by atoms with Crippen LogP contribution in [0.15, 0.2) is 17.3 Å². The molecule has 1 heterocycles. The second kappa shape index (κ2) is 7.52. The van der Waals surface area contributed by atoms with Gasteiger partial charge in [-0.3, -0.25) is 9.89 Å². The first-order chi connectivity index (χ1) is 9.40. The van der Waals surface area contributed by atoms with E-state index in [0.717, 1.165) is 12.2 Å². The Kier molecular flexibility index (Phi) is 6.02. The Morgan fingerprint density at radius 3 is 2.70 bits per heavy atom. The molecule has 1 amide bonds. The Hall–Kier alpha value is -2.05. The summed E-state index contributed by atoms with van der Waals surface area (Å²) in [4.78, 5) is 16.1. The summed E-state index contributed by atoms with van der Waals surface area (Å²) >= 11 is 0. The summed E-state index contributed by atoms with van der Waals surface area (Å²) in [5.74, 6) is 0.538. The molecule has 0 spiro atoms. The predicted octanol–water partition coefficient (Wildman–Crippen LogP) is 0.380. The Bertz CT molecular complexity index is 432. The molecule has 0 atom stereocenters. The Morgan fingerprint density at radius 2 is 2.15 bits per heavy atom. The maximum atomic E-state index is 11.7. The van der Waals surface area contributed by atoms with Crippen LogP contribution in [-0.4, -0.2) is 40.7 Å². The van der Waals surface area contributed by atoms with Crippen molar-refractivity contribution >= 4 is 11.9 Å². The summed E-state index contributed by atoms with van der Waals surface area (Å²) in [5, 5.41) is 15.7. The van der Waals surface area contributed by atoms with Gasteiger partial charge in [-0.25, -0.2) is 4.99 Å². The number of nitrogens with one attached hydrogen (secondary N) is 4. The Morgan fingerprint density at radius 1 is 1.40 bits per heavy atom. The Balaban J connectivity index is 2.46. The largest absolute Gasteiger partial charge is 0.357 e. The van der Waals surface area contributed by atoms with Gasteiger partial charge in [-0.2, -0.15) is 5.10 Å². The predicted molar refractivity (Wildman–Crippen MR) is 79.3 cm³/mol. The lowest BCUT2D eigenvalue weighted by atomic mass is 10.1. The molecule has 0 unspecified atom stereocenters. The van der Waals surface area contributed by atoms with Gasteiger partial charge in [-0.15, -0.1) is 0 Å². The molecule has 112 valence electrons. The third-order valence-corrected chi connectivity index (χ3v) is 2.24. The highest BCUT2D eigenvalue weighted by Crippen LogP contribution is 1.97. The standard InChI is InChI=1S/C13H24N6O/c1-5-14-12(15-8-10-6-7-17-19-10)16-9-11(20)18-13(2,3)4/h6-7H,5,8-9H2,1-4H3,(H,17,19)(H,18,20)(H2,14,15,16). The van der Waals surface area contributed by atoms with Crippen LogP contribution in [0.5, 0.6) is 0 Å². The number of guanidine groups is 1. The van der Waals surface area contributed by atoms with Gasteiger partial charge < -0.3 is 16.0 Å². The maximum Gasteiger partial charge on any atom is 0.239 e. The number of aromatic amines is 1. The van der Waals surface area contributed by atoms with Crippen molar-refractivity contribution in [1.29, 1.82) is 0 Å². The zero-order valence-corrected chi connectivity index (χ0v) is 12.6. The molecule has 1 aromatic rings. The number of aromatic nitrogens is 2. The van der Waals surface area contributed by atoms with Crippen molar-refractivity contribution in [1.82, 2.24) is 26.1 Å². The first-order valence-electron chi connectivity index (χ1n) is 6.72. The lowest BCUT2D eigenvalue weighted by Gasteiger charge is -2.21. The van der Waals surface area contributed by atoms with Crippen molar-refractivity contribution in [3.63, 3.8) is 0 Å². The highest BCUT2D eigenvalue weighted by atomic mass is 16.2. The maximum absolute atomic E-state index is 11.7. The van der Waals surface area contributed by atoms with Gasteiger partial charge in [-0.05, 0) is 33.8 Å². The molecule has 7 heteroatoms. The molecule has 0 saturated heterocycles. The summed E-state index contributed by atoms with van der Waals surface area (Å²) in [6.07, 6.45) is 1.68. The van der Waals surface area contributed by atoms with Crippen molar-refractivity contribution in [3.05, 3.63) is 18.0 Å². The normalized spacial score (nSPS) is 12.1. The first-order valence-corrected chi connectivity index (χ1v) is 6.72. The van der Waals surface area contributed by atoms with E-state index < -0.39 is 0 Å². The molecule has 0 aromatic carbocycles. The number of rotatable bonds is 5. The summed E-state index contributed by atoms with van der Waals surface area (Å²) in [7, 11) is 0. The van der Waals surface area contributed by atoms with Gasteiger partial charge in [0.2, 0.25) is 5.91 Å². The van der Waals surface area contributed by atoms with Crippen LogP contribution in [0, 0.1) is 0 Å². The van der Waals surface area contributed by atoms with Crippen molar-refractivity contribution in [2.24, 2.45) is 4.99 Å². The first kappa shape index (κ1) is 16.0. The lowest BCUT2D eigenvalue weighted by molar-refractivity contribution is -0.121. The third-order valence-electron chi connectivity index (χ3n) is 2.24. The second-order valence-corrected chi connectivity index (χ2v) is 5.43. The van der Waals surface area contributed by atoms with Crippen LogP contribution in [0.2, 0.25) is 0 Å². The smallest absolute Gasteiger partial charge is 0.239 e. The molecule has 0 aliphatic carbocycles. The van der Waals surface area contributed by atoms with Gasteiger partial charge in [0.05, 0.1) is 18.8 Å². The van der Waals surface area contributed by atoms with Crippen LogP contribution in [0.1, 0.15) is 33.4 Å². The molecule has 4 N–H and O–H groups in total. The van der Waals surface area contributed by atoms with E-state index in [1.165, 1.54) is 0 Å². The number of amides is 1. The fourth-order valence-corrected chi connectivity index (χ4v) is 1.51. The molecular weight excluding hydrogens is 256 g/mol. The van der Waals surface area contributed by atoms with Crippen LogP contribution < -0.4 is 16.0 Å². The minimum Gasteiger partial charge on any atom is -0.357 e. The van der Waals surface area contributed by atoms with Gasteiger partial charge in [0.1, 0.15) is 0 Å². The monoisotopic (exact) mass is 280 g/mol. The topological polar surface area (TPSA) is 94.2 Å². The molecule has 0 aliphatic rings. The molecule has 0 bridgehead atoms. The number of H-pyrrole nitrogens is 1. The summed E-state index contributed by atoms with van der Waals surface area (Å²) in [6, 6.07) is 1.86. The lowest BCUT2D eigenvalue weighted by Crippen LogP contribution is -2.48. The van der Waals surface area contributed by atoms with E-state index in [4.69, 9.17) is 0 Å². The molecule has 0 radical (unpaired) electrons. The fourth-order valence-electron chi connectivity index (χ4n) is 1.51. The number of hydrogen-bond acceptors (Lipinski definition) is 3. The van der Waals surface area contributed by atoms with E-state index in [-0.39, 0.29) is 18.0 Å². The van der Waals surface area contributed by atoms with Crippen LogP contribution in [-0.2, 0) is 11.3 Å². The highest BCUT2D eigenvalue weighted by molar-refractivity contribution is 5.86. The molecule has 20 heavy (non-hydrogen) atoms. The van der Waals surface area contributed by atoms with Crippen molar-refractivity contribution in [2.45, 2.75) is 39.8 Å². The van der Waals surface area contributed by atoms with Crippen LogP contribution in [0.3, 0.4) is 0 Å². The minimum atomic E-state index is -0.232. The quantitative estimate of drug-likeness (QED) is 0.463. The van der Waals surface area contributed by atoms with E-state index in [0.29, 0.717) is 12.5 Å². The fraction of sp³-hybridized carbons (Fsp3) is 0.615. The molecule has 1 rings (SSSR count). The van der Waals surface area contributed by atoms with E-state index in [1.54, 1.807) is 6.20 Å². The minimum absolute atomic E-state index is 0.0651. The number of hydrogen-bond donors (Lipinski definition) is 4. The van der Waals surface area contributed by atoms with Gasteiger partial charge in [0.25, 0.3) is 0 Å². The molecule has 7 nitrogen and oxygen atoms in total. The van der Waals surface area contributed by atoms with E-state index in [1.807, 2.05) is 33.8 Å². The van der Waals surface area contributed by atoms with Crippen LogP contribution >= 0.6 is 0 Å². The zero-order chi connectivity index (χ0) is 15.0. The molecule has 0 aliphatic heterocycles. The van der Waals surface area contributed by atoms with Gasteiger partial charge in [0.15, 0.2) is 5.96 Å². The molecular formula is C13H24N6O. The molecule has 0 saturated carbocycles. The van der Waals surface area contributed by atoms with Gasteiger partial charge in [-0.1, -0.05) is 0 Å². The second-order valence-electron chi connectivity index (χ2n) is 5.43. The molecule has 1 aromatic heterocycles. The van der Waals surface area contributed by atoms with Crippen molar-refractivity contribution in [3.8, 4) is 0 Å². The van der Waals surface area contributed by atoms with E-state index in [9.17, 15) is 4.79 Å². The van der Waals surface area contributed by atoms with Crippen LogP contribution in [0.4, 0.5) is 0 Å². The molecule has 0 fully saturated rings. The van der Waals surface area contributed by atoms with Crippen molar-refractivity contribution in [2.75, 3.05) is 13.1 Å². The number of carbonyl (C=O) groups is 1. The van der Waals surface area contributed by atoms with Gasteiger partial charge >= 0.3 is 0 Å². The van der Waals surface area contributed by atoms with E-state index >= 15 is 0 Å². The van der Waals surface area contributed by atoms with Crippen LogP contribution in [0.25, 0.3) is 0 Å². The summed E-state index contributed by atoms with van der Waals surface area (Å²) in [6.45, 7) is 9.22. The average Bonchev–Trinajstić information content (AvgIpc) is 2.83. The average molecular weight is 280 g/mol. The zero-order valence-electron chi connectivity index (χ0n) is 12.6.